The summed E-state index contributed by atoms with van der Waals surface area (Å²) in [4.78, 5) is 2.35. The molecule has 5 heteroatoms. The van der Waals surface area contributed by atoms with Gasteiger partial charge in [0.1, 0.15) is 0 Å². The summed E-state index contributed by atoms with van der Waals surface area (Å²) in [5.41, 5.74) is 8.35. The molecule has 0 aromatic heterocycles. The number of nitrogens with one attached hydrogen (secondary N) is 1. The predicted octanol–water partition coefficient (Wildman–Crippen LogP) is 0.312. The average molecular weight is 265 g/mol. The maximum absolute atomic E-state index is 9.29. The summed E-state index contributed by atoms with van der Waals surface area (Å²) < 4.78 is 0. The summed E-state index contributed by atoms with van der Waals surface area (Å²) in [6, 6.07) is 6.29. The summed E-state index contributed by atoms with van der Waals surface area (Å²) in [7, 11) is 0. The van der Waals surface area contributed by atoms with Crippen molar-refractivity contribution in [1.29, 1.82) is 0 Å². The van der Waals surface area contributed by atoms with Crippen LogP contribution in [0, 0.1) is 0 Å². The van der Waals surface area contributed by atoms with Gasteiger partial charge in [0.15, 0.2) is 0 Å². The lowest BCUT2D eigenvalue weighted by molar-refractivity contribution is 0.282. The Morgan fingerprint density at radius 3 is 2.95 bits per heavy atom. The van der Waals surface area contributed by atoms with Gasteiger partial charge in [-0.1, -0.05) is 0 Å². The minimum absolute atomic E-state index is 0.0268. The molecule has 1 aliphatic rings. The van der Waals surface area contributed by atoms with Crippen LogP contribution < -0.4 is 16.0 Å². The Morgan fingerprint density at radius 2 is 2.21 bits per heavy atom. The zero-order chi connectivity index (χ0) is 13.7. The van der Waals surface area contributed by atoms with Crippen LogP contribution in [0.5, 0.6) is 0 Å². The second-order valence-electron chi connectivity index (χ2n) is 4.96. The van der Waals surface area contributed by atoms with E-state index >= 15 is 0 Å². The molecule has 0 aliphatic carbocycles. The highest BCUT2D eigenvalue weighted by atomic mass is 16.3. The molecule has 0 radical (unpaired) electrons. The summed E-state index contributed by atoms with van der Waals surface area (Å²) >= 11 is 0. The number of nitrogens with zero attached hydrogens (tertiary/aromatic N) is 1. The molecule has 0 amide bonds. The van der Waals surface area contributed by atoms with E-state index in [2.05, 4.69) is 10.2 Å². The van der Waals surface area contributed by atoms with E-state index in [4.69, 9.17) is 10.8 Å². The highest BCUT2D eigenvalue weighted by Crippen LogP contribution is 2.28. The van der Waals surface area contributed by atoms with E-state index in [0.717, 1.165) is 30.8 Å². The highest BCUT2D eigenvalue weighted by Gasteiger charge is 2.24. The maximum Gasteiger partial charge on any atom is 0.0702 e. The van der Waals surface area contributed by atoms with Crippen LogP contribution in [0.1, 0.15) is 18.4 Å². The zero-order valence-electron chi connectivity index (χ0n) is 11.2. The van der Waals surface area contributed by atoms with Crippen LogP contribution in [0.15, 0.2) is 18.2 Å². The van der Waals surface area contributed by atoms with Crippen LogP contribution in [0.25, 0.3) is 0 Å². The summed E-state index contributed by atoms with van der Waals surface area (Å²) in [6.45, 7) is 2.68. The van der Waals surface area contributed by atoms with Gasteiger partial charge in [-0.05, 0) is 31.0 Å². The topological polar surface area (TPSA) is 81.8 Å². The molecule has 5 nitrogen and oxygen atoms in total. The first kappa shape index (κ1) is 14.1. The number of anilines is 2. The Morgan fingerprint density at radius 1 is 1.37 bits per heavy atom. The third-order valence-corrected chi connectivity index (χ3v) is 3.67. The molecule has 1 saturated heterocycles. The van der Waals surface area contributed by atoms with E-state index in [1.165, 1.54) is 6.42 Å². The molecule has 1 unspecified atom stereocenters. The minimum atomic E-state index is -0.0268. The molecule has 19 heavy (non-hydrogen) atoms. The van der Waals surface area contributed by atoms with E-state index < -0.39 is 0 Å². The van der Waals surface area contributed by atoms with E-state index in [1.54, 1.807) is 0 Å². The van der Waals surface area contributed by atoms with Crippen molar-refractivity contribution < 1.29 is 10.2 Å². The van der Waals surface area contributed by atoms with Crippen LogP contribution in [-0.2, 0) is 6.61 Å². The highest BCUT2D eigenvalue weighted by molar-refractivity contribution is 5.59. The second-order valence-corrected chi connectivity index (χ2v) is 4.96. The van der Waals surface area contributed by atoms with Crippen molar-refractivity contribution in [2.45, 2.75) is 25.5 Å². The molecule has 0 bridgehead atoms. The minimum Gasteiger partial charge on any atom is -0.398 e. The van der Waals surface area contributed by atoms with Gasteiger partial charge in [0.25, 0.3) is 0 Å². The summed E-state index contributed by atoms with van der Waals surface area (Å²) in [5, 5.41) is 21.3. The fourth-order valence-corrected chi connectivity index (χ4v) is 2.64. The number of nitrogens with two attached hydrogens (primary N) is 1. The normalized spacial score (nSPS) is 19.1. The van der Waals surface area contributed by atoms with Crippen LogP contribution in [-0.4, -0.2) is 42.5 Å². The molecule has 1 atom stereocenters. The quantitative estimate of drug-likeness (QED) is 0.440. The Kier molecular flexibility index (Phi) is 5.01. The van der Waals surface area contributed by atoms with Crippen LogP contribution >= 0.6 is 0 Å². The molecule has 1 fully saturated rings. The molecule has 2 rings (SSSR count). The van der Waals surface area contributed by atoms with Crippen LogP contribution in [0.3, 0.4) is 0 Å². The van der Waals surface area contributed by atoms with E-state index in [-0.39, 0.29) is 13.2 Å². The third-order valence-electron chi connectivity index (χ3n) is 3.67. The van der Waals surface area contributed by atoms with Crippen molar-refractivity contribution in [3.05, 3.63) is 23.8 Å². The molecule has 1 aliphatic heterocycles. The number of aliphatic hydroxyl groups excluding tert-OH is 2. The van der Waals surface area contributed by atoms with E-state index in [1.807, 2.05) is 18.2 Å². The molecule has 1 heterocycles. The Hall–Kier alpha value is -1.30. The van der Waals surface area contributed by atoms with Gasteiger partial charge in [0.05, 0.1) is 13.2 Å². The van der Waals surface area contributed by atoms with E-state index in [9.17, 15) is 5.11 Å². The fourth-order valence-electron chi connectivity index (χ4n) is 2.64. The molecular formula is C14H23N3O2. The van der Waals surface area contributed by atoms with Crippen molar-refractivity contribution >= 4 is 11.4 Å². The molecule has 5 N–H and O–H groups in total. The Labute approximate surface area is 114 Å². The van der Waals surface area contributed by atoms with E-state index in [0.29, 0.717) is 18.3 Å². The Balaban J connectivity index is 2.06. The SMILES string of the molecule is Nc1ccc(N2CCCC2CNCCO)cc1CO. The number of nitrogen functional groups attached to an aromatic ring is 1. The van der Waals surface area contributed by atoms with Gasteiger partial charge in [-0.25, -0.2) is 0 Å². The number of aliphatic hydroxyl groups is 2. The van der Waals surface area contributed by atoms with Crippen LogP contribution in [0.4, 0.5) is 11.4 Å². The van der Waals surface area contributed by atoms with Crippen molar-refractivity contribution in [2.75, 3.05) is 36.9 Å². The molecule has 106 valence electrons. The molecule has 0 saturated carbocycles. The standard InChI is InChI=1S/C14H23N3O2/c15-14-4-3-12(8-11(14)10-19)17-6-1-2-13(17)9-16-5-7-18/h3-4,8,13,16,18-19H,1-2,5-7,9-10,15H2. The number of hydrogen-bond acceptors (Lipinski definition) is 5. The molecule has 1 aromatic carbocycles. The largest absolute Gasteiger partial charge is 0.398 e. The number of hydrogen-bond donors (Lipinski definition) is 4. The van der Waals surface area contributed by atoms with Gasteiger partial charge in [-0.3, -0.25) is 0 Å². The van der Waals surface area contributed by atoms with Crippen molar-refractivity contribution in [1.82, 2.24) is 5.32 Å². The lowest BCUT2D eigenvalue weighted by Gasteiger charge is -2.27. The van der Waals surface area contributed by atoms with Crippen molar-refractivity contribution in [3.63, 3.8) is 0 Å². The number of benzene rings is 1. The molecular weight excluding hydrogens is 242 g/mol. The van der Waals surface area contributed by atoms with Gasteiger partial charge in [0.2, 0.25) is 0 Å². The number of rotatable bonds is 6. The monoisotopic (exact) mass is 265 g/mol. The van der Waals surface area contributed by atoms with Crippen molar-refractivity contribution in [2.24, 2.45) is 0 Å². The zero-order valence-corrected chi connectivity index (χ0v) is 11.2. The van der Waals surface area contributed by atoms with Gasteiger partial charge < -0.3 is 26.2 Å². The van der Waals surface area contributed by atoms with Gasteiger partial charge >= 0.3 is 0 Å². The predicted molar refractivity (Wildman–Crippen MR) is 77.1 cm³/mol. The Bertz CT molecular complexity index is 412. The third kappa shape index (κ3) is 3.37. The first-order chi connectivity index (χ1) is 9.26. The van der Waals surface area contributed by atoms with Crippen molar-refractivity contribution in [3.8, 4) is 0 Å². The fraction of sp³-hybridized carbons (Fsp3) is 0.571. The van der Waals surface area contributed by atoms with Gasteiger partial charge in [-0.2, -0.15) is 0 Å². The second kappa shape index (κ2) is 6.75. The van der Waals surface area contributed by atoms with Gasteiger partial charge in [0, 0.05) is 42.6 Å². The molecule has 0 spiro atoms. The van der Waals surface area contributed by atoms with Gasteiger partial charge in [-0.15, -0.1) is 0 Å². The lowest BCUT2D eigenvalue weighted by Crippen LogP contribution is -2.38. The molecule has 1 aromatic rings. The average Bonchev–Trinajstić information content (AvgIpc) is 2.88. The first-order valence-electron chi connectivity index (χ1n) is 6.83. The van der Waals surface area contributed by atoms with Crippen LogP contribution in [0.2, 0.25) is 0 Å². The first-order valence-corrected chi connectivity index (χ1v) is 6.83. The smallest absolute Gasteiger partial charge is 0.0702 e. The summed E-state index contributed by atoms with van der Waals surface area (Å²) in [5.74, 6) is 0. The maximum atomic E-state index is 9.29. The summed E-state index contributed by atoms with van der Waals surface area (Å²) in [6.07, 6.45) is 2.32. The lowest BCUT2D eigenvalue weighted by atomic mass is 10.1.